The minimum atomic E-state index is 0.00316. The number of hydrogen-bond acceptors (Lipinski definition) is 5. The number of rotatable bonds is 2. The number of anilines is 1. The van der Waals surface area contributed by atoms with Crippen LogP contribution in [0.25, 0.3) is 0 Å². The van der Waals surface area contributed by atoms with Crippen molar-refractivity contribution in [2.75, 3.05) is 18.1 Å². The molecule has 0 radical (unpaired) electrons. The Labute approximate surface area is 100 Å². The van der Waals surface area contributed by atoms with Crippen LogP contribution in [0, 0.1) is 0 Å². The molecule has 2 heterocycles. The van der Waals surface area contributed by atoms with Crippen molar-refractivity contribution in [1.82, 2.24) is 9.36 Å². The van der Waals surface area contributed by atoms with Crippen LogP contribution in [0.5, 0.6) is 0 Å². The van der Waals surface area contributed by atoms with Crippen LogP contribution < -0.4 is 4.90 Å². The zero-order chi connectivity index (χ0) is 11.8. The van der Waals surface area contributed by atoms with E-state index in [-0.39, 0.29) is 18.1 Å². The minimum Gasteiger partial charge on any atom is -0.394 e. The summed E-state index contributed by atoms with van der Waals surface area (Å²) in [5, 5.41) is 10.2. The summed E-state index contributed by atoms with van der Waals surface area (Å²) in [5.41, 5.74) is 0.00316. The molecule has 0 aliphatic carbocycles. The van der Waals surface area contributed by atoms with Crippen molar-refractivity contribution in [3.05, 3.63) is 5.82 Å². The summed E-state index contributed by atoms with van der Waals surface area (Å²) in [4.78, 5) is 6.77. The van der Waals surface area contributed by atoms with Gasteiger partial charge in [0.2, 0.25) is 5.13 Å². The Bertz CT molecular complexity index is 358. The molecule has 0 spiro atoms. The number of aliphatic hydroxyl groups is 1. The van der Waals surface area contributed by atoms with Crippen molar-refractivity contribution >= 4 is 16.7 Å². The van der Waals surface area contributed by atoms with Gasteiger partial charge in [-0.05, 0) is 12.8 Å². The Morgan fingerprint density at radius 2 is 2.25 bits per heavy atom. The second kappa shape index (κ2) is 4.30. The average molecular weight is 241 g/mol. The first-order chi connectivity index (χ1) is 7.52. The van der Waals surface area contributed by atoms with E-state index in [4.69, 9.17) is 0 Å². The van der Waals surface area contributed by atoms with Crippen LogP contribution in [0.1, 0.15) is 39.4 Å². The van der Waals surface area contributed by atoms with Crippen LogP contribution in [-0.4, -0.2) is 33.7 Å². The molecule has 0 saturated carbocycles. The van der Waals surface area contributed by atoms with E-state index in [0.717, 1.165) is 30.3 Å². The number of nitrogens with zero attached hydrogens (tertiary/aromatic N) is 3. The molecule has 1 N–H and O–H groups in total. The molecule has 16 heavy (non-hydrogen) atoms. The zero-order valence-corrected chi connectivity index (χ0v) is 10.9. The highest BCUT2D eigenvalue weighted by molar-refractivity contribution is 7.09. The first-order valence-electron chi connectivity index (χ1n) is 5.74. The van der Waals surface area contributed by atoms with E-state index >= 15 is 0 Å². The minimum absolute atomic E-state index is 0.00316. The highest BCUT2D eigenvalue weighted by Gasteiger charge is 2.28. The fourth-order valence-corrected chi connectivity index (χ4v) is 2.87. The quantitative estimate of drug-likeness (QED) is 0.857. The molecular weight excluding hydrogens is 222 g/mol. The Morgan fingerprint density at radius 1 is 1.50 bits per heavy atom. The lowest BCUT2D eigenvalue weighted by atomic mass is 9.96. The molecule has 1 aromatic rings. The van der Waals surface area contributed by atoms with Gasteiger partial charge in [-0.15, -0.1) is 0 Å². The first kappa shape index (κ1) is 11.8. The summed E-state index contributed by atoms with van der Waals surface area (Å²) in [6, 6.07) is 0.237. The fraction of sp³-hybridized carbons (Fsp3) is 0.818. The third kappa shape index (κ3) is 2.20. The van der Waals surface area contributed by atoms with E-state index < -0.39 is 0 Å². The predicted octanol–water partition coefficient (Wildman–Crippen LogP) is 1.80. The zero-order valence-electron chi connectivity index (χ0n) is 10.1. The third-order valence-electron chi connectivity index (χ3n) is 2.92. The summed E-state index contributed by atoms with van der Waals surface area (Å²) in [6.07, 6.45) is 2.19. The first-order valence-corrected chi connectivity index (χ1v) is 6.51. The van der Waals surface area contributed by atoms with Crippen LogP contribution in [0.2, 0.25) is 0 Å². The summed E-state index contributed by atoms with van der Waals surface area (Å²) >= 11 is 1.45. The molecular formula is C11H19N3OS. The van der Waals surface area contributed by atoms with Gasteiger partial charge in [-0.1, -0.05) is 20.8 Å². The largest absolute Gasteiger partial charge is 0.394 e. The smallest absolute Gasteiger partial charge is 0.205 e. The SMILES string of the molecule is CC(C)(C)c1nsc(N2CCCC2CO)n1. The Kier molecular flexibility index (Phi) is 3.17. The molecule has 0 amide bonds. The normalized spacial score (nSPS) is 21.8. The van der Waals surface area contributed by atoms with E-state index in [9.17, 15) is 5.11 Å². The Hall–Kier alpha value is -0.680. The maximum atomic E-state index is 9.28. The van der Waals surface area contributed by atoms with Gasteiger partial charge in [-0.2, -0.15) is 4.37 Å². The van der Waals surface area contributed by atoms with Gasteiger partial charge in [0, 0.05) is 23.5 Å². The van der Waals surface area contributed by atoms with E-state index in [0.29, 0.717) is 0 Å². The van der Waals surface area contributed by atoms with Crippen molar-refractivity contribution in [2.24, 2.45) is 0 Å². The van der Waals surface area contributed by atoms with E-state index in [1.165, 1.54) is 11.5 Å². The molecule has 1 saturated heterocycles. The standard InChI is InChI=1S/C11H19N3OS/c1-11(2,3)9-12-10(16-13-9)14-6-4-5-8(14)7-15/h8,15H,4-7H2,1-3H3. The molecule has 90 valence electrons. The summed E-state index contributed by atoms with van der Waals surface area (Å²) in [5.74, 6) is 0.899. The van der Waals surface area contributed by atoms with Gasteiger partial charge in [0.15, 0.2) is 0 Å². The monoisotopic (exact) mass is 241 g/mol. The summed E-state index contributed by atoms with van der Waals surface area (Å²) in [7, 11) is 0. The van der Waals surface area contributed by atoms with Gasteiger partial charge < -0.3 is 10.0 Å². The molecule has 1 unspecified atom stereocenters. The molecule has 1 aliphatic heterocycles. The summed E-state index contributed by atoms with van der Waals surface area (Å²) in [6.45, 7) is 7.56. The number of hydrogen-bond donors (Lipinski definition) is 1. The fourth-order valence-electron chi connectivity index (χ4n) is 1.91. The molecule has 0 aromatic carbocycles. The van der Waals surface area contributed by atoms with Crippen LogP contribution in [0.3, 0.4) is 0 Å². The Balaban J connectivity index is 2.18. The predicted molar refractivity (Wildman–Crippen MR) is 66.1 cm³/mol. The lowest BCUT2D eigenvalue weighted by Crippen LogP contribution is -2.32. The number of aromatic nitrogens is 2. The molecule has 1 aliphatic rings. The molecule has 1 atom stereocenters. The highest BCUT2D eigenvalue weighted by Crippen LogP contribution is 2.29. The van der Waals surface area contributed by atoms with Crippen molar-refractivity contribution in [2.45, 2.75) is 45.1 Å². The van der Waals surface area contributed by atoms with Gasteiger partial charge in [0.1, 0.15) is 5.82 Å². The molecule has 2 rings (SSSR count). The van der Waals surface area contributed by atoms with Gasteiger partial charge in [0.05, 0.1) is 12.6 Å². The number of aliphatic hydroxyl groups excluding tert-OH is 1. The van der Waals surface area contributed by atoms with Crippen molar-refractivity contribution in [3.8, 4) is 0 Å². The highest BCUT2D eigenvalue weighted by atomic mass is 32.1. The van der Waals surface area contributed by atoms with Gasteiger partial charge in [-0.3, -0.25) is 0 Å². The van der Waals surface area contributed by atoms with E-state index in [2.05, 4.69) is 35.0 Å². The third-order valence-corrected chi connectivity index (χ3v) is 3.67. The van der Waals surface area contributed by atoms with Crippen LogP contribution >= 0.6 is 11.5 Å². The Morgan fingerprint density at radius 3 is 2.81 bits per heavy atom. The van der Waals surface area contributed by atoms with Crippen molar-refractivity contribution < 1.29 is 5.11 Å². The molecule has 5 heteroatoms. The van der Waals surface area contributed by atoms with Crippen LogP contribution in [0.4, 0.5) is 5.13 Å². The molecule has 1 fully saturated rings. The lowest BCUT2D eigenvalue weighted by molar-refractivity contribution is 0.266. The van der Waals surface area contributed by atoms with Gasteiger partial charge in [0.25, 0.3) is 0 Å². The second-order valence-corrected chi connectivity index (χ2v) is 6.05. The van der Waals surface area contributed by atoms with Crippen molar-refractivity contribution in [1.29, 1.82) is 0 Å². The van der Waals surface area contributed by atoms with Crippen LogP contribution in [-0.2, 0) is 5.41 Å². The maximum Gasteiger partial charge on any atom is 0.205 e. The van der Waals surface area contributed by atoms with Gasteiger partial charge in [-0.25, -0.2) is 4.98 Å². The average Bonchev–Trinajstić information content (AvgIpc) is 2.84. The topological polar surface area (TPSA) is 49.2 Å². The van der Waals surface area contributed by atoms with E-state index in [1.54, 1.807) is 0 Å². The second-order valence-electron chi connectivity index (χ2n) is 5.32. The van der Waals surface area contributed by atoms with E-state index in [1.807, 2.05) is 0 Å². The van der Waals surface area contributed by atoms with Gasteiger partial charge >= 0.3 is 0 Å². The summed E-state index contributed by atoms with van der Waals surface area (Å²) < 4.78 is 4.41. The molecule has 1 aromatic heterocycles. The van der Waals surface area contributed by atoms with Crippen molar-refractivity contribution in [3.63, 3.8) is 0 Å². The molecule has 4 nitrogen and oxygen atoms in total. The molecule has 0 bridgehead atoms. The maximum absolute atomic E-state index is 9.28. The lowest BCUT2D eigenvalue weighted by Gasteiger charge is -2.21. The van der Waals surface area contributed by atoms with Crippen LogP contribution in [0.15, 0.2) is 0 Å².